The predicted molar refractivity (Wildman–Crippen MR) is 78.9 cm³/mol. The summed E-state index contributed by atoms with van der Waals surface area (Å²) < 4.78 is 24.1. The molecule has 0 saturated carbocycles. The molecule has 118 valence electrons. The van der Waals surface area contributed by atoms with Crippen molar-refractivity contribution in [3.63, 3.8) is 0 Å². The van der Waals surface area contributed by atoms with E-state index in [1.807, 2.05) is 0 Å². The highest BCUT2D eigenvalue weighted by atomic mass is 35.5. The van der Waals surface area contributed by atoms with Crippen LogP contribution in [0.1, 0.15) is 13.3 Å². The van der Waals surface area contributed by atoms with Crippen LogP contribution in [-0.4, -0.2) is 53.5 Å². The number of nitrogens with one attached hydrogen (secondary N) is 1. The van der Waals surface area contributed by atoms with E-state index in [-0.39, 0.29) is 16.8 Å². The van der Waals surface area contributed by atoms with Gasteiger partial charge in [0.25, 0.3) is 0 Å². The molecule has 0 unspecified atom stereocenters. The number of anilines is 1. The minimum Gasteiger partial charge on any atom is -0.364 e. The lowest BCUT2D eigenvalue weighted by Gasteiger charge is -2.17. The zero-order valence-electron chi connectivity index (χ0n) is 11.6. The van der Waals surface area contributed by atoms with Gasteiger partial charge in [0.05, 0.1) is 11.2 Å². The van der Waals surface area contributed by atoms with Gasteiger partial charge in [0, 0.05) is 19.6 Å². The molecule has 1 aromatic heterocycles. The van der Waals surface area contributed by atoms with Crippen molar-refractivity contribution in [2.75, 3.05) is 31.2 Å². The van der Waals surface area contributed by atoms with Crippen LogP contribution < -0.4 is 5.32 Å². The maximum absolute atomic E-state index is 11.4. The summed E-state index contributed by atoms with van der Waals surface area (Å²) in [7, 11) is -3.24. The number of halogens is 1. The maximum Gasteiger partial charge on any atom is 0.329 e. The van der Waals surface area contributed by atoms with Crippen molar-refractivity contribution in [2.45, 2.75) is 13.3 Å². The Morgan fingerprint density at radius 2 is 2.19 bits per heavy atom. The highest BCUT2D eigenvalue weighted by Crippen LogP contribution is 2.21. The standard InChI is InChI=1S/C10H16ClN5O4S/c1-3-15(21(2,19)20)6-4-5-12-9-8(16(17)18)7-13-10(11)14-9/h7H,3-6H2,1-2H3,(H,12,13,14). The van der Waals surface area contributed by atoms with Crippen LogP contribution in [0.15, 0.2) is 6.20 Å². The van der Waals surface area contributed by atoms with Crippen LogP contribution in [0, 0.1) is 10.1 Å². The molecule has 0 bridgehead atoms. The second-order valence-corrected chi connectivity index (χ2v) is 6.49. The lowest BCUT2D eigenvalue weighted by atomic mass is 10.4. The molecule has 0 amide bonds. The van der Waals surface area contributed by atoms with Crippen molar-refractivity contribution in [3.05, 3.63) is 21.6 Å². The molecule has 1 aromatic rings. The van der Waals surface area contributed by atoms with Crippen LogP contribution in [0.5, 0.6) is 0 Å². The lowest BCUT2D eigenvalue weighted by Crippen LogP contribution is -2.31. The quantitative estimate of drug-likeness (QED) is 0.327. The molecular formula is C10H16ClN5O4S. The fourth-order valence-electron chi connectivity index (χ4n) is 1.64. The SMILES string of the molecule is CCN(CCCNc1nc(Cl)ncc1[N+](=O)[O-])S(C)(=O)=O. The van der Waals surface area contributed by atoms with Gasteiger partial charge in [-0.15, -0.1) is 0 Å². The van der Waals surface area contributed by atoms with Gasteiger partial charge in [-0.25, -0.2) is 17.7 Å². The molecule has 0 radical (unpaired) electrons. The van der Waals surface area contributed by atoms with Crippen molar-refractivity contribution in [2.24, 2.45) is 0 Å². The predicted octanol–water partition coefficient (Wildman–Crippen LogP) is 1.12. The second kappa shape index (κ2) is 7.48. The molecule has 0 aliphatic rings. The summed E-state index contributed by atoms with van der Waals surface area (Å²) in [4.78, 5) is 17.5. The van der Waals surface area contributed by atoms with Gasteiger partial charge in [0.2, 0.25) is 21.1 Å². The first kappa shape index (κ1) is 17.5. The van der Waals surface area contributed by atoms with Crippen LogP contribution >= 0.6 is 11.6 Å². The molecule has 1 N–H and O–H groups in total. The first-order chi connectivity index (χ1) is 9.75. The van der Waals surface area contributed by atoms with E-state index in [4.69, 9.17) is 11.6 Å². The van der Waals surface area contributed by atoms with E-state index in [1.165, 1.54) is 4.31 Å². The van der Waals surface area contributed by atoms with Gasteiger partial charge < -0.3 is 5.32 Å². The van der Waals surface area contributed by atoms with Crippen LogP contribution in [0.25, 0.3) is 0 Å². The van der Waals surface area contributed by atoms with Crippen molar-refractivity contribution in [1.29, 1.82) is 0 Å². The molecule has 0 aromatic carbocycles. The summed E-state index contributed by atoms with van der Waals surface area (Å²) in [5.41, 5.74) is -0.283. The van der Waals surface area contributed by atoms with Crippen LogP contribution in [-0.2, 0) is 10.0 Å². The summed E-state index contributed by atoms with van der Waals surface area (Å²) in [6.07, 6.45) is 2.63. The normalized spacial score (nSPS) is 11.6. The molecule has 0 atom stereocenters. The van der Waals surface area contributed by atoms with Gasteiger partial charge in [-0.05, 0) is 18.0 Å². The first-order valence-corrected chi connectivity index (χ1v) is 8.34. The third-order valence-electron chi connectivity index (χ3n) is 2.64. The Morgan fingerprint density at radius 1 is 1.52 bits per heavy atom. The highest BCUT2D eigenvalue weighted by Gasteiger charge is 2.17. The van der Waals surface area contributed by atoms with Crippen molar-refractivity contribution in [3.8, 4) is 0 Å². The molecule has 0 aliphatic heterocycles. The number of sulfonamides is 1. The van der Waals surface area contributed by atoms with Gasteiger partial charge in [-0.3, -0.25) is 10.1 Å². The highest BCUT2D eigenvalue weighted by molar-refractivity contribution is 7.88. The summed E-state index contributed by atoms with van der Waals surface area (Å²) >= 11 is 5.59. The molecular weight excluding hydrogens is 322 g/mol. The monoisotopic (exact) mass is 337 g/mol. The third-order valence-corrected chi connectivity index (χ3v) is 4.20. The number of hydrogen-bond acceptors (Lipinski definition) is 7. The van der Waals surface area contributed by atoms with Gasteiger partial charge >= 0.3 is 5.69 Å². The van der Waals surface area contributed by atoms with Gasteiger partial charge in [0.15, 0.2) is 0 Å². The molecule has 0 aliphatic carbocycles. The number of nitrogens with zero attached hydrogens (tertiary/aromatic N) is 4. The molecule has 21 heavy (non-hydrogen) atoms. The van der Waals surface area contributed by atoms with E-state index in [9.17, 15) is 18.5 Å². The maximum atomic E-state index is 11.4. The Morgan fingerprint density at radius 3 is 2.71 bits per heavy atom. The Bertz CT molecular complexity index is 609. The topological polar surface area (TPSA) is 118 Å². The Balaban J connectivity index is 2.61. The van der Waals surface area contributed by atoms with Gasteiger partial charge in [0.1, 0.15) is 6.20 Å². The molecule has 0 saturated heterocycles. The minimum atomic E-state index is -3.24. The van der Waals surface area contributed by atoms with Crippen LogP contribution in [0.3, 0.4) is 0 Å². The number of hydrogen-bond donors (Lipinski definition) is 1. The van der Waals surface area contributed by atoms with Crippen molar-refractivity contribution < 1.29 is 13.3 Å². The fourth-order valence-corrected chi connectivity index (χ4v) is 2.70. The van der Waals surface area contributed by atoms with E-state index in [1.54, 1.807) is 6.92 Å². The zero-order valence-corrected chi connectivity index (χ0v) is 13.2. The van der Waals surface area contributed by atoms with E-state index >= 15 is 0 Å². The van der Waals surface area contributed by atoms with E-state index in [0.29, 0.717) is 26.1 Å². The smallest absolute Gasteiger partial charge is 0.329 e. The number of nitro groups is 1. The summed E-state index contributed by atoms with van der Waals surface area (Å²) in [5.74, 6) is 0.0161. The lowest BCUT2D eigenvalue weighted by molar-refractivity contribution is -0.384. The largest absolute Gasteiger partial charge is 0.364 e. The van der Waals surface area contributed by atoms with Crippen LogP contribution in [0.2, 0.25) is 5.28 Å². The average molecular weight is 338 g/mol. The van der Waals surface area contributed by atoms with E-state index < -0.39 is 14.9 Å². The molecule has 1 rings (SSSR count). The Labute approximate surface area is 127 Å². The third kappa shape index (κ3) is 5.40. The molecule has 11 heteroatoms. The van der Waals surface area contributed by atoms with Gasteiger partial charge in [-0.2, -0.15) is 4.98 Å². The van der Waals surface area contributed by atoms with Crippen molar-refractivity contribution in [1.82, 2.24) is 14.3 Å². The average Bonchev–Trinajstić information content (AvgIpc) is 2.36. The van der Waals surface area contributed by atoms with E-state index in [2.05, 4.69) is 15.3 Å². The van der Waals surface area contributed by atoms with E-state index in [0.717, 1.165) is 12.5 Å². The zero-order chi connectivity index (χ0) is 16.0. The van der Waals surface area contributed by atoms with Crippen molar-refractivity contribution >= 4 is 33.1 Å². The number of aromatic nitrogens is 2. The van der Waals surface area contributed by atoms with Crippen LogP contribution in [0.4, 0.5) is 11.5 Å². The molecule has 1 heterocycles. The summed E-state index contributed by atoms with van der Waals surface area (Å²) in [6.45, 7) is 2.75. The Kier molecular flexibility index (Phi) is 6.24. The molecule has 9 nitrogen and oxygen atoms in total. The second-order valence-electron chi connectivity index (χ2n) is 4.16. The molecule has 0 fully saturated rings. The fraction of sp³-hybridized carbons (Fsp3) is 0.600. The first-order valence-electron chi connectivity index (χ1n) is 6.11. The summed E-state index contributed by atoms with van der Waals surface area (Å²) in [6, 6.07) is 0. The number of rotatable bonds is 8. The molecule has 0 spiro atoms. The Hall–Kier alpha value is -1.52. The minimum absolute atomic E-state index is 0.0161. The van der Waals surface area contributed by atoms with Gasteiger partial charge in [-0.1, -0.05) is 6.92 Å². The summed E-state index contributed by atoms with van der Waals surface area (Å²) in [5, 5.41) is 13.5.